The van der Waals surface area contributed by atoms with Crippen molar-refractivity contribution < 1.29 is 9.53 Å². The molecular formula is C18H24N4O2S2. The minimum Gasteiger partial charge on any atom is -0.379 e. The molecule has 0 radical (unpaired) electrons. The molecule has 0 aliphatic carbocycles. The Morgan fingerprint density at radius 3 is 2.65 bits per heavy atom. The molecule has 0 saturated carbocycles. The fourth-order valence-electron chi connectivity index (χ4n) is 3.32. The summed E-state index contributed by atoms with van der Waals surface area (Å²) in [5.74, 6) is 0.235. The molecule has 4 rings (SSSR count). The Hall–Kier alpha value is -1.48. The number of morpholine rings is 1. The number of hydrogen-bond acceptors (Lipinski definition) is 7. The number of hydrogen-bond donors (Lipinski definition) is 0. The Kier molecular flexibility index (Phi) is 5.84. The molecule has 2 fully saturated rings. The summed E-state index contributed by atoms with van der Waals surface area (Å²) in [6, 6.07) is 4.03. The summed E-state index contributed by atoms with van der Waals surface area (Å²) in [6.07, 6.45) is 0.526. The molecule has 4 heterocycles. The minimum absolute atomic E-state index is 0.235. The predicted octanol–water partition coefficient (Wildman–Crippen LogP) is 1.93. The van der Waals surface area contributed by atoms with Crippen molar-refractivity contribution in [2.75, 3.05) is 57.4 Å². The molecule has 2 aromatic rings. The molecule has 26 heavy (non-hydrogen) atoms. The van der Waals surface area contributed by atoms with Gasteiger partial charge in [0.1, 0.15) is 0 Å². The van der Waals surface area contributed by atoms with Gasteiger partial charge in [-0.1, -0.05) is 6.07 Å². The monoisotopic (exact) mass is 392 g/mol. The Bertz CT molecular complexity index is 705. The second-order valence-electron chi connectivity index (χ2n) is 6.63. The van der Waals surface area contributed by atoms with E-state index >= 15 is 0 Å². The second-order valence-corrected chi connectivity index (χ2v) is 8.50. The number of ether oxygens (including phenoxy) is 1. The van der Waals surface area contributed by atoms with E-state index in [0.717, 1.165) is 74.7 Å². The number of amides is 1. The third kappa shape index (κ3) is 4.43. The van der Waals surface area contributed by atoms with Crippen molar-refractivity contribution >= 4 is 33.7 Å². The van der Waals surface area contributed by atoms with E-state index in [1.54, 1.807) is 22.7 Å². The zero-order chi connectivity index (χ0) is 17.8. The van der Waals surface area contributed by atoms with Gasteiger partial charge in [-0.25, -0.2) is 4.98 Å². The van der Waals surface area contributed by atoms with E-state index in [4.69, 9.17) is 9.72 Å². The highest BCUT2D eigenvalue weighted by atomic mass is 32.1. The maximum Gasteiger partial charge on any atom is 0.227 e. The highest BCUT2D eigenvalue weighted by Crippen LogP contribution is 2.23. The van der Waals surface area contributed by atoms with Gasteiger partial charge in [0.05, 0.1) is 25.3 Å². The van der Waals surface area contributed by atoms with Gasteiger partial charge in [0.25, 0.3) is 0 Å². The van der Waals surface area contributed by atoms with Gasteiger partial charge < -0.3 is 14.5 Å². The van der Waals surface area contributed by atoms with Crippen LogP contribution in [0.25, 0.3) is 0 Å². The number of thiazole rings is 1. The van der Waals surface area contributed by atoms with Crippen molar-refractivity contribution in [2.45, 2.75) is 13.0 Å². The second kappa shape index (κ2) is 8.47. The van der Waals surface area contributed by atoms with E-state index in [2.05, 4.69) is 15.2 Å². The predicted molar refractivity (Wildman–Crippen MR) is 105 cm³/mol. The van der Waals surface area contributed by atoms with Crippen molar-refractivity contribution in [3.05, 3.63) is 33.5 Å². The van der Waals surface area contributed by atoms with Crippen LogP contribution >= 0.6 is 22.7 Å². The number of anilines is 1. The van der Waals surface area contributed by atoms with Crippen LogP contribution in [0.3, 0.4) is 0 Å². The fraction of sp³-hybridized carbons (Fsp3) is 0.556. The van der Waals surface area contributed by atoms with Crippen molar-refractivity contribution in [3.63, 3.8) is 0 Å². The molecule has 0 aromatic carbocycles. The number of thiophene rings is 1. The highest BCUT2D eigenvalue weighted by Gasteiger charge is 2.23. The molecule has 6 nitrogen and oxygen atoms in total. The number of carbonyl (C=O) groups excluding carboxylic acids is 1. The van der Waals surface area contributed by atoms with Gasteiger partial charge in [-0.15, -0.1) is 22.7 Å². The molecule has 1 amide bonds. The Morgan fingerprint density at radius 2 is 1.92 bits per heavy atom. The Labute approximate surface area is 162 Å². The average molecular weight is 393 g/mol. The average Bonchev–Trinajstić information content (AvgIpc) is 3.35. The van der Waals surface area contributed by atoms with Gasteiger partial charge >= 0.3 is 0 Å². The smallest absolute Gasteiger partial charge is 0.227 e. The summed E-state index contributed by atoms with van der Waals surface area (Å²) < 4.78 is 5.40. The van der Waals surface area contributed by atoms with Crippen LogP contribution in [0, 0.1) is 0 Å². The fourth-order valence-corrected chi connectivity index (χ4v) is 4.89. The van der Waals surface area contributed by atoms with Crippen LogP contribution in [-0.4, -0.2) is 73.2 Å². The zero-order valence-electron chi connectivity index (χ0n) is 14.8. The molecule has 0 N–H and O–H groups in total. The van der Waals surface area contributed by atoms with Gasteiger partial charge in [0.2, 0.25) is 5.91 Å². The number of aromatic nitrogens is 1. The molecule has 140 valence electrons. The first kappa shape index (κ1) is 17.9. The first-order valence-electron chi connectivity index (χ1n) is 9.07. The number of piperazine rings is 1. The van der Waals surface area contributed by atoms with Crippen molar-refractivity contribution in [3.8, 4) is 0 Å². The molecule has 0 bridgehead atoms. The molecule has 2 aromatic heterocycles. The first-order valence-corrected chi connectivity index (χ1v) is 10.8. The summed E-state index contributed by atoms with van der Waals surface area (Å²) in [4.78, 5) is 25.1. The normalized spacial score (nSPS) is 19.1. The standard InChI is InChI=1S/C18H24N4O2S2/c23-17(12-16-2-1-11-25-16)21-3-5-22(6-4-21)18-19-15(14-26-18)13-20-7-9-24-10-8-20/h1-2,11,14H,3-10,12-13H2. The summed E-state index contributed by atoms with van der Waals surface area (Å²) in [6.45, 7) is 7.79. The van der Waals surface area contributed by atoms with Gasteiger partial charge in [-0.3, -0.25) is 9.69 Å². The van der Waals surface area contributed by atoms with E-state index in [1.165, 1.54) is 0 Å². The summed E-state index contributed by atoms with van der Waals surface area (Å²) in [5, 5.41) is 5.27. The first-order chi connectivity index (χ1) is 12.8. The van der Waals surface area contributed by atoms with Gasteiger partial charge in [-0.2, -0.15) is 0 Å². The van der Waals surface area contributed by atoms with Gasteiger partial charge in [0, 0.05) is 56.1 Å². The van der Waals surface area contributed by atoms with E-state index in [9.17, 15) is 4.79 Å². The Balaban J connectivity index is 1.27. The summed E-state index contributed by atoms with van der Waals surface area (Å²) >= 11 is 3.36. The van der Waals surface area contributed by atoms with Crippen LogP contribution in [0.4, 0.5) is 5.13 Å². The molecular weight excluding hydrogens is 368 g/mol. The van der Waals surface area contributed by atoms with Crippen LogP contribution in [-0.2, 0) is 22.5 Å². The van der Waals surface area contributed by atoms with Crippen LogP contribution in [0.15, 0.2) is 22.9 Å². The molecule has 0 atom stereocenters. The third-order valence-corrected chi connectivity index (χ3v) is 6.66. The minimum atomic E-state index is 0.235. The zero-order valence-corrected chi connectivity index (χ0v) is 16.4. The quantitative estimate of drug-likeness (QED) is 0.778. The van der Waals surface area contributed by atoms with Gasteiger partial charge in [0.15, 0.2) is 5.13 Å². The van der Waals surface area contributed by atoms with Gasteiger partial charge in [-0.05, 0) is 11.4 Å². The molecule has 2 saturated heterocycles. The SMILES string of the molecule is O=C(Cc1cccs1)N1CCN(c2nc(CN3CCOCC3)cs2)CC1. The topological polar surface area (TPSA) is 48.9 Å². The van der Waals surface area contributed by atoms with Crippen LogP contribution in [0.1, 0.15) is 10.6 Å². The molecule has 8 heteroatoms. The summed E-state index contributed by atoms with van der Waals surface area (Å²) in [5.41, 5.74) is 1.14. The van der Waals surface area contributed by atoms with E-state index < -0.39 is 0 Å². The van der Waals surface area contributed by atoms with Crippen molar-refractivity contribution in [1.29, 1.82) is 0 Å². The maximum atomic E-state index is 12.4. The lowest BCUT2D eigenvalue weighted by Crippen LogP contribution is -2.49. The van der Waals surface area contributed by atoms with Crippen LogP contribution in [0.2, 0.25) is 0 Å². The number of rotatable bonds is 5. The van der Waals surface area contributed by atoms with Crippen molar-refractivity contribution in [2.24, 2.45) is 0 Å². The van der Waals surface area contributed by atoms with E-state index in [1.807, 2.05) is 22.4 Å². The lowest BCUT2D eigenvalue weighted by molar-refractivity contribution is -0.130. The Morgan fingerprint density at radius 1 is 1.12 bits per heavy atom. The highest BCUT2D eigenvalue weighted by molar-refractivity contribution is 7.13. The van der Waals surface area contributed by atoms with Crippen LogP contribution < -0.4 is 4.90 Å². The number of nitrogens with zero attached hydrogens (tertiary/aromatic N) is 4. The molecule has 2 aliphatic heterocycles. The number of carbonyl (C=O) groups is 1. The van der Waals surface area contributed by atoms with Crippen molar-refractivity contribution in [1.82, 2.24) is 14.8 Å². The third-order valence-electron chi connectivity index (χ3n) is 4.84. The van der Waals surface area contributed by atoms with E-state index in [0.29, 0.717) is 6.42 Å². The van der Waals surface area contributed by atoms with E-state index in [-0.39, 0.29) is 5.91 Å². The largest absolute Gasteiger partial charge is 0.379 e. The lowest BCUT2D eigenvalue weighted by Gasteiger charge is -2.34. The molecule has 2 aliphatic rings. The maximum absolute atomic E-state index is 12.4. The molecule has 0 spiro atoms. The lowest BCUT2D eigenvalue weighted by atomic mass is 10.2. The molecule has 0 unspecified atom stereocenters. The van der Waals surface area contributed by atoms with Crippen LogP contribution in [0.5, 0.6) is 0 Å². The summed E-state index contributed by atoms with van der Waals surface area (Å²) in [7, 11) is 0.